The SMILES string of the molecule is CC(C(=O)NC1CCC(Nc2nc(NC3CCC3)n3ncc(CC4=NC(O)NC4=O)c3n2)CC1)N1CCCC1. The van der Waals surface area contributed by atoms with Crippen molar-refractivity contribution in [1.82, 2.24) is 35.1 Å². The van der Waals surface area contributed by atoms with Crippen molar-refractivity contribution in [2.24, 2.45) is 4.99 Å². The zero-order valence-corrected chi connectivity index (χ0v) is 22.4. The maximum atomic E-state index is 12.8. The summed E-state index contributed by atoms with van der Waals surface area (Å²) in [5.74, 6) is 0.878. The van der Waals surface area contributed by atoms with E-state index in [1.165, 1.54) is 19.3 Å². The average molecular weight is 539 g/mol. The second-order valence-electron chi connectivity index (χ2n) is 11.3. The molecule has 0 aromatic carbocycles. The van der Waals surface area contributed by atoms with Crippen molar-refractivity contribution < 1.29 is 14.7 Å². The van der Waals surface area contributed by atoms with Gasteiger partial charge in [-0.3, -0.25) is 14.5 Å². The average Bonchev–Trinajstić information content (AvgIpc) is 3.64. The summed E-state index contributed by atoms with van der Waals surface area (Å²) in [5, 5.41) is 26.8. The van der Waals surface area contributed by atoms with E-state index in [0.717, 1.165) is 57.2 Å². The van der Waals surface area contributed by atoms with E-state index in [4.69, 9.17) is 9.97 Å². The quantitative estimate of drug-likeness (QED) is 0.311. The van der Waals surface area contributed by atoms with Gasteiger partial charge in [-0.05, 0) is 77.8 Å². The van der Waals surface area contributed by atoms with Crippen molar-refractivity contribution in [3.63, 3.8) is 0 Å². The van der Waals surface area contributed by atoms with Crippen LogP contribution in [0.15, 0.2) is 11.2 Å². The van der Waals surface area contributed by atoms with Crippen molar-refractivity contribution in [3.8, 4) is 0 Å². The molecule has 1 saturated heterocycles. The molecule has 3 fully saturated rings. The summed E-state index contributed by atoms with van der Waals surface area (Å²) in [5.41, 5.74) is 1.58. The number of nitrogens with one attached hydrogen (secondary N) is 4. The molecule has 13 nitrogen and oxygen atoms in total. The van der Waals surface area contributed by atoms with Gasteiger partial charge < -0.3 is 26.4 Å². The third-order valence-electron chi connectivity index (χ3n) is 8.51. The minimum Gasteiger partial charge on any atom is -0.355 e. The lowest BCUT2D eigenvalue weighted by molar-refractivity contribution is -0.126. The first-order chi connectivity index (χ1) is 18.9. The van der Waals surface area contributed by atoms with Gasteiger partial charge in [0.15, 0.2) is 5.65 Å². The fraction of sp³-hybridized carbons (Fsp3) is 0.692. The molecule has 2 amide bonds. The molecule has 5 N–H and O–H groups in total. The van der Waals surface area contributed by atoms with Gasteiger partial charge in [-0.15, -0.1) is 0 Å². The summed E-state index contributed by atoms with van der Waals surface area (Å²) in [4.78, 5) is 40.7. The van der Waals surface area contributed by atoms with Crippen LogP contribution in [0.1, 0.15) is 70.3 Å². The van der Waals surface area contributed by atoms with Crippen molar-refractivity contribution in [2.45, 2.75) is 102 Å². The monoisotopic (exact) mass is 538 g/mol. The van der Waals surface area contributed by atoms with Gasteiger partial charge in [-0.1, -0.05) is 0 Å². The number of carbonyl (C=O) groups is 2. The molecule has 2 aliphatic carbocycles. The number of hydrogen-bond acceptors (Lipinski definition) is 10. The predicted molar refractivity (Wildman–Crippen MR) is 145 cm³/mol. The zero-order chi connectivity index (χ0) is 26.9. The fourth-order valence-electron chi connectivity index (χ4n) is 5.87. The van der Waals surface area contributed by atoms with Gasteiger partial charge in [-0.25, -0.2) is 4.99 Å². The van der Waals surface area contributed by atoms with Crippen LogP contribution in [0.4, 0.5) is 11.9 Å². The van der Waals surface area contributed by atoms with Crippen LogP contribution in [-0.2, 0) is 16.0 Å². The van der Waals surface area contributed by atoms with E-state index >= 15 is 0 Å². The predicted octanol–water partition coefficient (Wildman–Crippen LogP) is 0.802. The largest absolute Gasteiger partial charge is 0.355 e. The van der Waals surface area contributed by atoms with Crippen LogP contribution in [-0.4, -0.2) is 90.7 Å². The first-order valence-electron chi connectivity index (χ1n) is 14.3. The number of hydrogen-bond donors (Lipinski definition) is 5. The molecule has 4 aliphatic rings. The van der Waals surface area contributed by atoms with Gasteiger partial charge in [0, 0.05) is 30.1 Å². The molecule has 2 unspecified atom stereocenters. The van der Waals surface area contributed by atoms with Gasteiger partial charge in [0.05, 0.1) is 12.2 Å². The van der Waals surface area contributed by atoms with Crippen molar-refractivity contribution >= 4 is 35.1 Å². The maximum Gasteiger partial charge on any atom is 0.269 e. The molecule has 2 aromatic heterocycles. The lowest BCUT2D eigenvalue weighted by Crippen LogP contribution is -2.48. The summed E-state index contributed by atoms with van der Waals surface area (Å²) in [6.45, 7) is 4.03. The molecule has 2 atom stereocenters. The van der Waals surface area contributed by atoms with E-state index in [0.29, 0.717) is 23.6 Å². The number of aliphatic imine (C=N–C) groups is 1. The standard InChI is InChI=1S/C26H38N10O3/c1-15(35-11-2-3-12-35)22(37)28-18-7-9-19(10-8-18)29-24-32-21-16(13-20-23(38)33-26(39)31-20)14-27-36(21)25(34-24)30-17-5-4-6-17/h14-15,17-19,26,39H,2-13H2,1H3,(H,28,37)(H,33,38)(H2,29,30,32,34). The zero-order valence-electron chi connectivity index (χ0n) is 22.4. The van der Waals surface area contributed by atoms with E-state index < -0.39 is 6.35 Å². The summed E-state index contributed by atoms with van der Waals surface area (Å²) in [6, 6.07) is 0.666. The normalized spacial score (nSPS) is 26.7. The molecule has 6 rings (SSSR count). The Morgan fingerprint density at radius 3 is 2.44 bits per heavy atom. The highest BCUT2D eigenvalue weighted by molar-refractivity contribution is 6.40. The minimum atomic E-state index is -1.21. The lowest BCUT2D eigenvalue weighted by Gasteiger charge is -2.32. The number of carbonyl (C=O) groups excluding carboxylic acids is 2. The molecule has 2 saturated carbocycles. The number of aliphatic hydroxyl groups is 1. The Kier molecular flexibility index (Phi) is 7.34. The fourth-order valence-corrected chi connectivity index (χ4v) is 5.87. The van der Waals surface area contributed by atoms with Crippen LogP contribution in [0.25, 0.3) is 5.65 Å². The molecule has 13 heteroatoms. The van der Waals surface area contributed by atoms with Gasteiger partial charge in [0.1, 0.15) is 5.71 Å². The molecule has 2 aromatic rings. The Hall–Kier alpha value is -3.32. The van der Waals surface area contributed by atoms with Gasteiger partial charge in [0.2, 0.25) is 24.2 Å². The van der Waals surface area contributed by atoms with Crippen LogP contribution in [0, 0.1) is 0 Å². The number of aliphatic hydroxyl groups excluding tert-OH is 1. The second kappa shape index (κ2) is 11.0. The van der Waals surface area contributed by atoms with E-state index in [9.17, 15) is 14.7 Å². The number of fused-ring (bicyclic) bond motifs is 1. The molecular weight excluding hydrogens is 500 g/mol. The van der Waals surface area contributed by atoms with Crippen molar-refractivity contribution in [1.29, 1.82) is 0 Å². The Bertz CT molecular complexity index is 1240. The highest BCUT2D eigenvalue weighted by atomic mass is 16.3. The Balaban J connectivity index is 1.13. The minimum absolute atomic E-state index is 0.0700. The number of aromatic nitrogens is 4. The van der Waals surface area contributed by atoms with Gasteiger partial charge in [-0.2, -0.15) is 19.6 Å². The Morgan fingerprint density at radius 2 is 1.77 bits per heavy atom. The molecule has 0 spiro atoms. The Morgan fingerprint density at radius 1 is 1.05 bits per heavy atom. The van der Waals surface area contributed by atoms with Crippen molar-refractivity contribution in [2.75, 3.05) is 23.7 Å². The number of nitrogens with zero attached hydrogens (tertiary/aromatic N) is 6. The third kappa shape index (κ3) is 5.69. The van der Waals surface area contributed by atoms with Gasteiger partial charge in [0.25, 0.3) is 5.91 Å². The molecule has 0 radical (unpaired) electrons. The first-order valence-corrected chi connectivity index (χ1v) is 14.3. The van der Waals surface area contributed by atoms with Crippen LogP contribution in [0.5, 0.6) is 0 Å². The smallest absolute Gasteiger partial charge is 0.269 e. The van der Waals surface area contributed by atoms with E-state index in [2.05, 4.69) is 36.3 Å². The lowest BCUT2D eigenvalue weighted by atomic mass is 9.91. The molecular formula is C26H38N10O3. The molecule has 39 heavy (non-hydrogen) atoms. The molecule has 2 aliphatic heterocycles. The maximum absolute atomic E-state index is 12.8. The van der Waals surface area contributed by atoms with Crippen LogP contribution < -0.4 is 21.3 Å². The first kappa shape index (κ1) is 25.9. The summed E-state index contributed by atoms with van der Waals surface area (Å²) >= 11 is 0. The second-order valence-corrected chi connectivity index (χ2v) is 11.3. The van der Waals surface area contributed by atoms with E-state index in [1.807, 2.05) is 6.92 Å². The van der Waals surface area contributed by atoms with Gasteiger partial charge >= 0.3 is 0 Å². The number of likely N-dealkylation sites (tertiary alicyclic amines) is 1. The Labute approximate surface area is 227 Å². The third-order valence-corrected chi connectivity index (χ3v) is 8.51. The summed E-state index contributed by atoms with van der Waals surface area (Å²) in [7, 11) is 0. The molecule has 4 heterocycles. The number of rotatable bonds is 9. The summed E-state index contributed by atoms with van der Waals surface area (Å²) < 4.78 is 1.68. The van der Waals surface area contributed by atoms with E-state index in [-0.39, 0.29) is 42.1 Å². The number of anilines is 2. The number of amides is 2. The topological polar surface area (TPSA) is 161 Å². The molecule has 0 bridgehead atoms. The van der Waals surface area contributed by atoms with E-state index in [1.54, 1.807) is 10.7 Å². The van der Waals surface area contributed by atoms with Crippen LogP contribution in [0.2, 0.25) is 0 Å². The highest BCUT2D eigenvalue weighted by Gasteiger charge is 2.29. The summed E-state index contributed by atoms with van der Waals surface area (Å²) in [6.07, 6.45) is 10.0. The van der Waals surface area contributed by atoms with Crippen LogP contribution in [0.3, 0.4) is 0 Å². The van der Waals surface area contributed by atoms with Crippen molar-refractivity contribution in [3.05, 3.63) is 11.8 Å². The highest BCUT2D eigenvalue weighted by Crippen LogP contribution is 2.26. The molecule has 210 valence electrons. The van der Waals surface area contributed by atoms with Crippen LogP contribution >= 0.6 is 0 Å².